The Kier molecular flexibility index (Phi) is 3.33. The third-order valence-corrected chi connectivity index (χ3v) is 4.85. The average molecular weight is 347 g/mol. The van der Waals surface area contributed by atoms with Crippen molar-refractivity contribution >= 4 is 32.6 Å². The smallest absolute Gasteiger partial charge is 0.259 e. The summed E-state index contributed by atoms with van der Waals surface area (Å²) in [4.78, 5) is 18.0. The number of fused-ring (bicyclic) bond motifs is 2. The van der Waals surface area contributed by atoms with Gasteiger partial charge in [0.25, 0.3) is 5.56 Å². The van der Waals surface area contributed by atoms with Gasteiger partial charge in [0.15, 0.2) is 0 Å². The molecule has 6 heteroatoms. The molecule has 4 aromatic rings. The highest BCUT2D eigenvalue weighted by Gasteiger charge is 2.23. The van der Waals surface area contributed by atoms with Crippen molar-refractivity contribution in [3.05, 3.63) is 52.8 Å². The lowest BCUT2D eigenvalue weighted by Crippen LogP contribution is -2.26. The lowest BCUT2D eigenvalue weighted by atomic mass is 10.0. The minimum absolute atomic E-state index is 0.0302. The summed E-state index contributed by atoms with van der Waals surface area (Å²) in [6, 6.07) is 13.4. The molecule has 1 aliphatic heterocycles. The van der Waals surface area contributed by atoms with Gasteiger partial charge >= 0.3 is 0 Å². The van der Waals surface area contributed by atoms with Crippen LogP contribution in [0.15, 0.2) is 47.3 Å². The number of aromatic nitrogens is 2. The van der Waals surface area contributed by atoms with Gasteiger partial charge in [-0.1, -0.05) is 24.3 Å². The molecule has 0 saturated heterocycles. The molecule has 0 radical (unpaired) electrons. The van der Waals surface area contributed by atoms with E-state index in [1.807, 2.05) is 54.1 Å². The van der Waals surface area contributed by atoms with Crippen LogP contribution in [0, 0.1) is 0 Å². The van der Waals surface area contributed by atoms with Gasteiger partial charge in [0.05, 0.1) is 21.8 Å². The van der Waals surface area contributed by atoms with Crippen LogP contribution in [-0.4, -0.2) is 29.9 Å². The summed E-state index contributed by atoms with van der Waals surface area (Å²) in [7, 11) is 1.88. The fourth-order valence-corrected chi connectivity index (χ4v) is 3.70. The molecule has 26 heavy (non-hydrogen) atoms. The summed E-state index contributed by atoms with van der Waals surface area (Å²) in [5, 5.41) is 6.29. The Bertz CT molecular complexity index is 1230. The van der Waals surface area contributed by atoms with Gasteiger partial charge in [-0.3, -0.25) is 4.79 Å². The van der Waals surface area contributed by atoms with Gasteiger partial charge in [0.2, 0.25) is 12.7 Å². The van der Waals surface area contributed by atoms with Gasteiger partial charge in [0, 0.05) is 23.9 Å². The summed E-state index contributed by atoms with van der Waals surface area (Å²) < 4.78 is 13.4. The first-order valence-corrected chi connectivity index (χ1v) is 8.58. The predicted octanol–water partition coefficient (Wildman–Crippen LogP) is 2.65. The fraction of sp³-hybridized carbons (Fsp3) is 0.200. The molecule has 6 nitrogen and oxygen atoms in total. The molecule has 0 saturated carbocycles. The SMILES string of the molecule is CNCCn1c(=O)c2cccc3c2c2c(nc4ccccc4c21)OCO3. The molecule has 0 atom stereocenters. The second kappa shape index (κ2) is 5.71. The van der Waals surface area contributed by atoms with Gasteiger partial charge in [-0.05, 0) is 25.2 Å². The number of hydrogen-bond acceptors (Lipinski definition) is 5. The summed E-state index contributed by atoms with van der Waals surface area (Å²) in [6.45, 7) is 1.31. The first-order valence-electron chi connectivity index (χ1n) is 8.58. The predicted molar refractivity (Wildman–Crippen MR) is 101 cm³/mol. The average Bonchev–Trinajstić information content (AvgIpc) is 2.85. The number of para-hydroxylation sites is 1. The lowest BCUT2D eigenvalue weighted by molar-refractivity contribution is 0.121. The molecule has 5 rings (SSSR count). The number of rotatable bonds is 3. The maximum Gasteiger partial charge on any atom is 0.259 e. The molecule has 1 aliphatic rings. The number of likely N-dealkylation sites (N-methyl/N-ethyl adjacent to an activating group) is 1. The highest BCUT2D eigenvalue weighted by Crippen LogP contribution is 2.40. The van der Waals surface area contributed by atoms with Crippen molar-refractivity contribution in [2.75, 3.05) is 20.4 Å². The van der Waals surface area contributed by atoms with Gasteiger partial charge in [-0.2, -0.15) is 0 Å². The van der Waals surface area contributed by atoms with Crippen molar-refractivity contribution in [3.8, 4) is 11.6 Å². The van der Waals surface area contributed by atoms with Crippen molar-refractivity contribution in [3.63, 3.8) is 0 Å². The largest absolute Gasteiger partial charge is 0.457 e. The zero-order chi connectivity index (χ0) is 17.7. The van der Waals surface area contributed by atoms with Crippen LogP contribution >= 0.6 is 0 Å². The van der Waals surface area contributed by atoms with E-state index in [1.54, 1.807) is 0 Å². The number of hydrogen-bond donors (Lipinski definition) is 1. The normalized spacial score (nSPS) is 13.1. The molecule has 0 spiro atoms. The second-order valence-corrected chi connectivity index (χ2v) is 6.30. The number of pyridine rings is 2. The second-order valence-electron chi connectivity index (χ2n) is 6.30. The van der Waals surface area contributed by atoms with Crippen molar-refractivity contribution in [1.29, 1.82) is 0 Å². The minimum atomic E-state index is -0.0302. The van der Waals surface area contributed by atoms with E-state index >= 15 is 0 Å². The van der Waals surface area contributed by atoms with Crippen molar-refractivity contribution in [2.24, 2.45) is 0 Å². The first-order chi connectivity index (χ1) is 12.8. The summed E-state index contributed by atoms with van der Waals surface area (Å²) >= 11 is 0. The zero-order valence-corrected chi connectivity index (χ0v) is 14.3. The Hall–Kier alpha value is -3.12. The zero-order valence-electron chi connectivity index (χ0n) is 14.3. The molecule has 0 amide bonds. The van der Waals surface area contributed by atoms with E-state index < -0.39 is 0 Å². The molecular weight excluding hydrogens is 330 g/mol. The number of nitrogens with one attached hydrogen (secondary N) is 1. The lowest BCUT2D eigenvalue weighted by Gasteiger charge is -2.16. The van der Waals surface area contributed by atoms with Crippen LogP contribution in [0.25, 0.3) is 32.6 Å². The van der Waals surface area contributed by atoms with Crippen molar-refractivity contribution in [2.45, 2.75) is 6.54 Å². The Morgan fingerprint density at radius 2 is 1.92 bits per heavy atom. The molecule has 130 valence electrons. The van der Waals surface area contributed by atoms with Crippen molar-refractivity contribution < 1.29 is 9.47 Å². The molecule has 0 fully saturated rings. The Morgan fingerprint density at radius 1 is 1.08 bits per heavy atom. The van der Waals surface area contributed by atoms with Gasteiger partial charge < -0.3 is 19.4 Å². The Balaban J connectivity index is 2.10. The van der Waals surface area contributed by atoms with Crippen LogP contribution in [0.4, 0.5) is 0 Å². The quantitative estimate of drug-likeness (QED) is 0.577. The molecule has 1 N–H and O–H groups in total. The highest BCUT2D eigenvalue weighted by molar-refractivity contribution is 6.18. The third kappa shape index (κ3) is 2.02. The number of nitrogens with zero attached hydrogens (tertiary/aromatic N) is 2. The van der Waals surface area contributed by atoms with Crippen LogP contribution in [0.3, 0.4) is 0 Å². The van der Waals surface area contributed by atoms with E-state index in [-0.39, 0.29) is 12.4 Å². The van der Waals surface area contributed by atoms with E-state index in [9.17, 15) is 4.79 Å². The third-order valence-electron chi connectivity index (χ3n) is 4.85. The van der Waals surface area contributed by atoms with E-state index in [0.29, 0.717) is 30.1 Å². The standard InChI is InChI=1S/C20H17N3O3/c1-21-9-10-23-18-12-5-2-3-7-14(12)22-19-17(18)16-13(20(23)24)6-4-8-15(16)25-11-26-19/h2-8,21H,9-11H2,1H3. The van der Waals surface area contributed by atoms with Crippen LogP contribution in [-0.2, 0) is 6.54 Å². The van der Waals surface area contributed by atoms with Gasteiger partial charge in [-0.25, -0.2) is 4.98 Å². The van der Waals surface area contributed by atoms with E-state index in [0.717, 1.165) is 27.2 Å². The fourth-order valence-electron chi connectivity index (χ4n) is 3.70. The van der Waals surface area contributed by atoms with E-state index in [2.05, 4.69) is 5.32 Å². The summed E-state index contributed by atoms with van der Waals surface area (Å²) in [5.41, 5.74) is 1.61. The topological polar surface area (TPSA) is 65.4 Å². The van der Waals surface area contributed by atoms with E-state index in [4.69, 9.17) is 14.5 Å². The minimum Gasteiger partial charge on any atom is -0.457 e. The van der Waals surface area contributed by atoms with Gasteiger partial charge in [0.1, 0.15) is 5.75 Å². The molecule has 2 aromatic heterocycles. The van der Waals surface area contributed by atoms with Crippen LogP contribution in [0.5, 0.6) is 11.6 Å². The van der Waals surface area contributed by atoms with Crippen LogP contribution < -0.4 is 20.3 Å². The molecule has 0 unspecified atom stereocenters. The molecule has 2 aromatic carbocycles. The number of benzene rings is 2. The monoisotopic (exact) mass is 347 g/mol. The maximum atomic E-state index is 13.3. The van der Waals surface area contributed by atoms with Crippen molar-refractivity contribution in [1.82, 2.24) is 14.9 Å². The maximum absolute atomic E-state index is 13.3. The summed E-state index contributed by atoms with van der Waals surface area (Å²) in [6.07, 6.45) is 0. The Labute approximate surface area is 149 Å². The summed E-state index contributed by atoms with van der Waals surface area (Å²) in [5.74, 6) is 1.16. The molecule has 3 heterocycles. The molecular formula is C20H17N3O3. The Morgan fingerprint density at radius 3 is 2.81 bits per heavy atom. The van der Waals surface area contributed by atoms with Gasteiger partial charge in [-0.15, -0.1) is 0 Å². The number of ether oxygens (including phenoxy) is 2. The molecule has 0 aliphatic carbocycles. The van der Waals surface area contributed by atoms with Crippen LogP contribution in [0.2, 0.25) is 0 Å². The van der Waals surface area contributed by atoms with E-state index in [1.165, 1.54) is 0 Å². The first kappa shape index (κ1) is 15.2. The van der Waals surface area contributed by atoms with Crippen LogP contribution in [0.1, 0.15) is 0 Å². The highest BCUT2D eigenvalue weighted by atomic mass is 16.7. The molecule has 0 bridgehead atoms.